The molecule has 4 rings (SSSR count). The maximum atomic E-state index is 12.7. The summed E-state index contributed by atoms with van der Waals surface area (Å²) in [6.45, 7) is 2.08. The third-order valence-corrected chi connectivity index (χ3v) is 6.21. The third kappa shape index (κ3) is 3.79. The van der Waals surface area contributed by atoms with Gasteiger partial charge in [0.2, 0.25) is 11.8 Å². The molecule has 29 heavy (non-hydrogen) atoms. The van der Waals surface area contributed by atoms with Crippen LogP contribution in [0.1, 0.15) is 17.5 Å². The van der Waals surface area contributed by atoms with Crippen LogP contribution in [0.25, 0.3) is 0 Å². The highest BCUT2D eigenvalue weighted by molar-refractivity contribution is 6.06. The number of imide groups is 1. The van der Waals surface area contributed by atoms with Crippen LogP contribution in [0.5, 0.6) is 0 Å². The average molecular weight is 396 g/mol. The molecule has 1 aromatic rings. The standard InChI is InChI=1S/C22H28N4O3/c1-23-22(25-12-14-3-5-15(6-4-14)13-29-2)24-9-10-26-20(27)18-16-7-8-17(11-16)19(18)21(26)28/h3-8,16-19H,9-13H2,1-2H3,(H2,23,24,25). The summed E-state index contributed by atoms with van der Waals surface area (Å²) in [5.74, 6) is 0.891. The Labute approximate surface area is 171 Å². The van der Waals surface area contributed by atoms with Gasteiger partial charge in [-0.15, -0.1) is 0 Å². The summed E-state index contributed by atoms with van der Waals surface area (Å²) in [4.78, 5) is 31.1. The molecule has 4 unspecified atom stereocenters. The van der Waals surface area contributed by atoms with E-state index in [2.05, 4.69) is 39.9 Å². The lowest BCUT2D eigenvalue weighted by molar-refractivity contribution is -0.140. The average Bonchev–Trinajstić information content (AvgIpc) is 3.41. The molecule has 1 aliphatic heterocycles. The van der Waals surface area contributed by atoms with Gasteiger partial charge >= 0.3 is 0 Å². The van der Waals surface area contributed by atoms with Crippen LogP contribution in [0.4, 0.5) is 0 Å². The molecule has 2 amide bonds. The second-order valence-corrected chi connectivity index (χ2v) is 7.93. The normalized spacial score (nSPS) is 27.7. The number of fused-ring (bicyclic) bond motifs is 5. The molecule has 2 N–H and O–H groups in total. The number of nitrogens with zero attached hydrogens (tertiary/aromatic N) is 2. The number of carbonyl (C=O) groups is 2. The van der Waals surface area contributed by atoms with Crippen LogP contribution in [0.15, 0.2) is 41.4 Å². The quantitative estimate of drug-likeness (QED) is 0.314. The number of guanidine groups is 1. The van der Waals surface area contributed by atoms with Crippen LogP contribution < -0.4 is 10.6 Å². The van der Waals surface area contributed by atoms with Crippen LogP contribution in [-0.2, 0) is 27.5 Å². The fourth-order valence-corrected chi connectivity index (χ4v) is 4.80. The summed E-state index contributed by atoms with van der Waals surface area (Å²) in [6.07, 6.45) is 5.20. The minimum atomic E-state index is -0.129. The zero-order valence-electron chi connectivity index (χ0n) is 16.9. The number of ether oxygens (including phenoxy) is 1. The molecule has 2 fully saturated rings. The van der Waals surface area contributed by atoms with Gasteiger partial charge < -0.3 is 15.4 Å². The molecule has 4 atom stereocenters. The third-order valence-electron chi connectivity index (χ3n) is 6.21. The fourth-order valence-electron chi connectivity index (χ4n) is 4.80. The van der Waals surface area contributed by atoms with E-state index in [-0.39, 0.29) is 35.5 Å². The molecular formula is C22H28N4O3. The van der Waals surface area contributed by atoms with Gasteiger partial charge in [0.15, 0.2) is 5.96 Å². The summed E-state index contributed by atoms with van der Waals surface area (Å²) >= 11 is 0. The zero-order valence-corrected chi connectivity index (χ0v) is 16.9. The van der Waals surface area contributed by atoms with E-state index in [0.717, 1.165) is 17.5 Å². The molecule has 1 saturated carbocycles. The number of methoxy groups -OCH3 is 1. The molecule has 0 spiro atoms. The van der Waals surface area contributed by atoms with E-state index in [1.165, 1.54) is 4.90 Å². The Bertz CT molecular complexity index is 803. The van der Waals surface area contributed by atoms with Gasteiger partial charge in [-0.3, -0.25) is 19.5 Å². The van der Waals surface area contributed by atoms with Crippen LogP contribution in [0, 0.1) is 23.7 Å². The van der Waals surface area contributed by atoms with Crippen LogP contribution in [0.2, 0.25) is 0 Å². The molecule has 154 valence electrons. The summed E-state index contributed by atoms with van der Waals surface area (Å²) in [6, 6.07) is 8.19. The van der Waals surface area contributed by atoms with Crippen molar-refractivity contribution >= 4 is 17.8 Å². The van der Waals surface area contributed by atoms with E-state index in [4.69, 9.17) is 4.74 Å². The lowest BCUT2D eigenvalue weighted by Crippen LogP contribution is -2.43. The van der Waals surface area contributed by atoms with Crippen molar-refractivity contribution in [2.75, 3.05) is 27.2 Å². The number of nitrogens with one attached hydrogen (secondary N) is 2. The van der Waals surface area contributed by atoms with Crippen molar-refractivity contribution in [1.82, 2.24) is 15.5 Å². The first kappa shape index (κ1) is 19.6. The van der Waals surface area contributed by atoms with Crippen LogP contribution in [0.3, 0.4) is 0 Å². The van der Waals surface area contributed by atoms with Crippen molar-refractivity contribution in [1.29, 1.82) is 0 Å². The van der Waals surface area contributed by atoms with Crippen molar-refractivity contribution in [3.8, 4) is 0 Å². The van der Waals surface area contributed by atoms with E-state index < -0.39 is 0 Å². The molecule has 7 nitrogen and oxygen atoms in total. The number of hydrogen-bond acceptors (Lipinski definition) is 4. The van der Waals surface area contributed by atoms with Crippen molar-refractivity contribution in [2.24, 2.45) is 28.7 Å². The van der Waals surface area contributed by atoms with Crippen molar-refractivity contribution in [3.63, 3.8) is 0 Å². The number of aliphatic imine (C=N–C) groups is 1. The highest BCUT2D eigenvalue weighted by atomic mass is 16.5. The summed E-state index contributed by atoms with van der Waals surface area (Å²) in [5, 5.41) is 6.46. The predicted octanol–water partition coefficient (Wildman–Crippen LogP) is 1.31. The summed E-state index contributed by atoms with van der Waals surface area (Å²) in [5.41, 5.74) is 2.26. The van der Waals surface area contributed by atoms with Crippen LogP contribution >= 0.6 is 0 Å². The minimum absolute atomic E-state index is 0.00209. The van der Waals surface area contributed by atoms with Crippen molar-refractivity contribution in [2.45, 2.75) is 19.6 Å². The van der Waals surface area contributed by atoms with Gasteiger partial charge in [0.1, 0.15) is 0 Å². The highest BCUT2D eigenvalue weighted by Crippen LogP contribution is 2.52. The molecule has 3 aliphatic rings. The first-order chi connectivity index (χ1) is 14.1. The Morgan fingerprint density at radius 2 is 1.69 bits per heavy atom. The molecule has 0 aromatic heterocycles. The van der Waals surface area contributed by atoms with Gasteiger partial charge in [0.25, 0.3) is 0 Å². The zero-order chi connectivity index (χ0) is 20.4. The number of carbonyl (C=O) groups excluding carboxylic acids is 2. The van der Waals surface area contributed by atoms with Crippen molar-refractivity contribution < 1.29 is 14.3 Å². The lowest BCUT2D eigenvalue weighted by Gasteiger charge is -2.18. The van der Waals surface area contributed by atoms with Gasteiger partial charge in [-0.2, -0.15) is 0 Å². The Morgan fingerprint density at radius 1 is 1.07 bits per heavy atom. The SMILES string of the molecule is CN=C(NCCN1C(=O)C2C3C=CC(C3)C2C1=O)NCc1ccc(COC)cc1. The van der Waals surface area contributed by atoms with Crippen LogP contribution in [-0.4, -0.2) is 49.9 Å². The largest absolute Gasteiger partial charge is 0.380 e. The first-order valence-corrected chi connectivity index (χ1v) is 10.2. The van der Waals surface area contributed by atoms with E-state index in [0.29, 0.717) is 32.2 Å². The summed E-state index contributed by atoms with van der Waals surface area (Å²) in [7, 11) is 3.39. The second-order valence-electron chi connectivity index (χ2n) is 7.93. The molecule has 0 radical (unpaired) electrons. The number of benzene rings is 1. The number of rotatable bonds is 7. The molecule has 1 saturated heterocycles. The second kappa shape index (κ2) is 8.37. The minimum Gasteiger partial charge on any atom is -0.380 e. The van der Waals surface area contributed by atoms with E-state index in [9.17, 15) is 9.59 Å². The number of allylic oxidation sites excluding steroid dienone is 2. The summed E-state index contributed by atoms with van der Waals surface area (Å²) < 4.78 is 5.12. The number of hydrogen-bond donors (Lipinski definition) is 2. The molecule has 1 aromatic carbocycles. The maximum absolute atomic E-state index is 12.7. The van der Waals surface area contributed by atoms with Gasteiger partial charge in [0.05, 0.1) is 18.4 Å². The number of amides is 2. The lowest BCUT2D eigenvalue weighted by atomic mass is 9.85. The molecule has 2 bridgehead atoms. The highest BCUT2D eigenvalue weighted by Gasteiger charge is 2.58. The maximum Gasteiger partial charge on any atom is 0.233 e. The molecule has 7 heteroatoms. The Hall–Kier alpha value is -2.67. The smallest absolute Gasteiger partial charge is 0.233 e. The van der Waals surface area contributed by atoms with Crippen molar-refractivity contribution in [3.05, 3.63) is 47.5 Å². The van der Waals surface area contributed by atoms with E-state index in [1.807, 2.05) is 12.1 Å². The topological polar surface area (TPSA) is 83.0 Å². The van der Waals surface area contributed by atoms with E-state index >= 15 is 0 Å². The fraction of sp³-hybridized carbons (Fsp3) is 0.500. The predicted molar refractivity (Wildman–Crippen MR) is 110 cm³/mol. The van der Waals surface area contributed by atoms with Gasteiger partial charge in [-0.1, -0.05) is 36.4 Å². The first-order valence-electron chi connectivity index (χ1n) is 10.2. The van der Waals surface area contributed by atoms with E-state index in [1.54, 1.807) is 14.2 Å². The molecular weight excluding hydrogens is 368 g/mol. The van der Waals surface area contributed by atoms with Gasteiger partial charge in [0, 0.05) is 33.8 Å². The molecule has 1 heterocycles. The van der Waals surface area contributed by atoms with Gasteiger partial charge in [-0.05, 0) is 29.4 Å². The Morgan fingerprint density at radius 3 is 2.28 bits per heavy atom. The monoisotopic (exact) mass is 396 g/mol. The van der Waals surface area contributed by atoms with Gasteiger partial charge in [-0.25, -0.2) is 0 Å². The Kier molecular flexibility index (Phi) is 5.67. The number of likely N-dealkylation sites (tertiary alicyclic amines) is 1. The molecule has 2 aliphatic carbocycles. The Balaban J connectivity index is 1.24.